The van der Waals surface area contributed by atoms with E-state index in [1.54, 1.807) is 11.3 Å². The molecule has 0 amide bonds. The Morgan fingerprint density at radius 1 is 1.75 bits per heavy atom. The highest BCUT2D eigenvalue weighted by Gasteiger charge is 1.96. The monoisotopic (exact) mass is 199 g/mol. The summed E-state index contributed by atoms with van der Waals surface area (Å²) in [6.45, 7) is 2.01. The number of rotatable bonds is 1. The van der Waals surface area contributed by atoms with Crippen molar-refractivity contribution in [2.45, 2.75) is 19.4 Å². The lowest BCUT2D eigenvalue weighted by molar-refractivity contribution is 0.806. The van der Waals surface area contributed by atoms with Crippen LogP contribution in [0.25, 0.3) is 0 Å². The Morgan fingerprint density at radius 3 is 3.00 bits per heavy atom. The molecule has 0 fully saturated rings. The lowest BCUT2D eigenvalue weighted by Crippen LogP contribution is -2.15. The van der Waals surface area contributed by atoms with Gasteiger partial charge in [0.05, 0.1) is 15.9 Å². The Hall–Kier alpha value is -0.490. The maximum atomic E-state index is 5.83. The molecular formula is C9H10ClNS. The van der Waals surface area contributed by atoms with Gasteiger partial charge >= 0.3 is 0 Å². The van der Waals surface area contributed by atoms with Crippen LogP contribution in [0.5, 0.6) is 0 Å². The summed E-state index contributed by atoms with van der Waals surface area (Å²) in [5.41, 5.74) is 5.63. The molecular weight excluding hydrogens is 190 g/mol. The molecule has 1 unspecified atom stereocenters. The molecule has 0 aliphatic carbocycles. The molecule has 1 aromatic heterocycles. The highest BCUT2D eigenvalue weighted by atomic mass is 35.5. The van der Waals surface area contributed by atoms with Crippen molar-refractivity contribution < 1.29 is 0 Å². The molecule has 0 saturated heterocycles. The Labute approximate surface area is 81.5 Å². The average molecular weight is 200 g/mol. The Morgan fingerprint density at radius 2 is 2.50 bits per heavy atom. The molecule has 0 spiro atoms. The van der Waals surface area contributed by atoms with Crippen LogP contribution in [-0.4, -0.2) is 6.04 Å². The van der Waals surface area contributed by atoms with Crippen LogP contribution in [0.3, 0.4) is 0 Å². The maximum absolute atomic E-state index is 5.83. The van der Waals surface area contributed by atoms with Gasteiger partial charge < -0.3 is 5.73 Å². The van der Waals surface area contributed by atoms with Gasteiger partial charge in [-0.1, -0.05) is 30.4 Å². The molecule has 0 aromatic carbocycles. The van der Waals surface area contributed by atoms with Crippen molar-refractivity contribution in [3.8, 4) is 11.8 Å². The van der Waals surface area contributed by atoms with Crippen molar-refractivity contribution in [2.75, 3.05) is 0 Å². The van der Waals surface area contributed by atoms with Crippen molar-refractivity contribution >= 4 is 22.9 Å². The number of halogens is 1. The minimum atomic E-state index is -0.0387. The van der Waals surface area contributed by atoms with E-state index in [1.165, 1.54) is 0 Å². The number of hydrogen-bond donors (Lipinski definition) is 1. The highest BCUT2D eigenvalue weighted by Crippen LogP contribution is 2.20. The predicted molar refractivity (Wildman–Crippen MR) is 54.5 cm³/mol. The van der Waals surface area contributed by atoms with Gasteiger partial charge in [0, 0.05) is 0 Å². The van der Waals surface area contributed by atoms with Gasteiger partial charge in [0.1, 0.15) is 0 Å². The van der Waals surface area contributed by atoms with Crippen molar-refractivity contribution in [1.29, 1.82) is 0 Å². The summed E-state index contributed by atoms with van der Waals surface area (Å²) < 4.78 is 0. The zero-order valence-electron chi connectivity index (χ0n) is 6.80. The third kappa shape index (κ3) is 2.53. The van der Waals surface area contributed by atoms with Crippen LogP contribution in [0, 0.1) is 11.8 Å². The molecule has 0 saturated carbocycles. The second-order valence-corrected chi connectivity index (χ2v) is 3.71. The van der Waals surface area contributed by atoms with Crippen LogP contribution in [0.15, 0.2) is 11.4 Å². The molecule has 2 N–H and O–H groups in total. The van der Waals surface area contributed by atoms with Gasteiger partial charge in [0.25, 0.3) is 0 Å². The normalized spacial score (nSPS) is 11.9. The number of thiophene rings is 1. The molecule has 0 radical (unpaired) electrons. The molecule has 1 heterocycles. The molecule has 1 atom stereocenters. The molecule has 1 rings (SSSR count). The molecule has 64 valence electrons. The summed E-state index contributed by atoms with van der Waals surface area (Å²) in [7, 11) is 0. The van der Waals surface area contributed by atoms with Crippen molar-refractivity contribution in [1.82, 2.24) is 0 Å². The fourth-order valence-corrected chi connectivity index (χ4v) is 1.60. The first-order chi connectivity index (χ1) is 5.74. The highest BCUT2D eigenvalue weighted by molar-refractivity contribution is 7.11. The molecule has 0 bridgehead atoms. The average Bonchev–Trinajstić information content (AvgIpc) is 2.47. The Kier molecular flexibility index (Phi) is 3.61. The minimum Gasteiger partial charge on any atom is -0.318 e. The molecule has 1 nitrogen and oxygen atoms in total. The third-order valence-electron chi connectivity index (χ3n) is 1.43. The van der Waals surface area contributed by atoms with Crippen LogP contribution < -0.4 is 5.73 Å². The Balaban J connectivity index is 2.72. The first-order valence-electron chi connectivity index (χ1n) is 3.74. The van der Waals surface area contributed by atoms with E-state index >= 15 is 0 Å². The zero-order chi connectivity index (χ0) is 8.97. The van der Waals surface area contributed by atoms with Crippen LogP contribution in [0.4, 0.5) is 0 Å². The van der Waals surface area contributed by atoms with Gasteiger partial charge in [-0.25, -0.2) is 0 Å². The summed E-state index contributed by atoms with van der Waals surface area (Å²) in [5.74, 6) is 5.88. The third-order valence-corrected chi connectivity index (χ3v) is 2.68. The maximum Gasteiger partial charge on any atom is 0.0955 e. The first-order valence-corrected chi connectivity index (χ1v) is 5.00. The van der Waals surface area contributed by atoms with E-state index < -0.39 is 0 Å². The zero-order valence-corrected chi connectivity index (χ0v) is 8.38. The second kappa shape index (κ2) is 4.51. The number of nitrogens with two attached hydrogens (primary N) is 1. The van der Waals surface area contributed by atoms with E-state index in [0.717, 1.165) is 16.3 Å². The van der Waals surface area contributed by atoms with Crippen molar-refractivity contribution in [3.63, 3.8) is 0 Å². The van der Waals surface area contributed by atoms with Crippen LogP contribution in [-0.2, 0) is 0 Å². The van der Waals surface area contributed by atoms with E-state index in [2.05, 4.69) is 11.8 Å². The second-order valence-electron chi connectivity index (χ2n) is 2.38. The van der Waals surface area contributed by atoms with Gasteiger partial charge in [0.15, 0.2) is 0 Å². The minimum absolute atomic E-state index is 0.0387. The largest absolute Gasteiger partial charge is 0.318 e. The summed E-state index contributed by atoms with van der Waals surface area (Å²) in [4.78, 5) is 0.903. The lowest BCUT2D eigenvalue weighted by Gasteiger charge is -1.94. The molecule has 0 aliphatic rings. The van der Waals surface area contributed by atoms with Crippen LogP contribution in [0.1, 0.15) is 18.2 Å². The van der Waals surface area contributed by atoms with E-state index in [1.807, 2.05) is 18.4 Å². The Bertz CT molecular complexity index is 308. The lowest BCUT2D eigenvalue weighted by atomic mass is 10.2. The number of hydrogen-bond acceptors (Lipinski definition) is 2. The van der Waals surface area contributed by atoms with Gasteiger partial charge in [-0.05, 0) is 17.9 Å². The van der Waals surface area contributed by atoms with Gasteiger partial charge in [0.2, 0.25) is 0 Å². The van der Waals surface area contributed by atoms with E-state index in [-0.39, 0.29) is 6.04 Å². The fourth-order valence-electron chi connectivity index (χ4n) is 0.643. The molecule has 0 aliphatic heterocycles. The molecule has 1 aromatic rings. The van der Waals surface area contributed by atoms with Crippen molar-refractivity contribution in [2.24, 2.45) is 5.73 Å². The molecule has 3 heteroatoms. The van der Waals surface area contributed by atoms with E-state index in [0.29, 0.717) is 0 Å². The van der Waals surface area contributed by atoms with Crippen LogP contribution >= 0.6 is 22.9 Å². The van der Waals surface area contributed by atoms with Crippen molar-refractivity contribution in [3.05, 3.63) is 21.3 Å². The summed E-state index contributed by atoms with van der Waals surface area (Å²) in [5, 5.41) is 2.64. The fraction of sp³-hybridized carbons (Fsp3) is 0.333. The van der Waals surface area contributed by atoms with Gasteiger partial charge in [-0.3, -0.25) is 0 Å². The first kappa shape index (κ1) is 9.60. The van der Waals surface area contributed by atoms with E-state index in [9.17, 15) is 0 Å². The quantitative estimate of drug-likeness (QED) is 0.692. The molecule has 12 heavy (non-hydrogen) atoms. The topological polar surface area (TPSA) is 26.0 Å². The van der Waals surface area contributed by atoms with E-state index in [4.69, 9.17) is 17.3 Å². The van der Waals surface area contributed by atoms with Gasteiger partial charge in [-0.2, -0.15) is 0 Å². The summed E-state index contributed by atoms with van der Waals surface area (Å²) in [6.07, 6.45) is 0.871. The van der Waals surface area contributed by atoms with Crippen LogP contribution in [0.2, 0.25) is 5.02 Å². The SMILES string of the molecule is CCC(N)C#Cc1sccc1Cl. The summed E-state index contributed by atoms with van der Waals surface area (Å²) >= 11 is 7.37. The summed E-state index contributed by atoms with van der Waals surface area (Å²) in [6, 6.07) is 1.80. The standard InChI is InChI=1S/C9H10ClNS/c1-2-7(11)3-4-9-8(10)5-6-12-9/h5-7H,2,11H2,1H3. The predicted octanol–water partition coefficient (Wildman–Crippen LogP) is 2.49. The van der Waals surface area contributed by atoms with Gasteiger partial charge in [-0.15, -0.1) is 11.3 Å². The smallest absolute Gasteiger partial charge is 0.0955 e.